The minimum atomic E-state index is -0.0342. The van der Waals surface area contributed by atoms with Crippen molar-refractivity contribution < 1.29 is 9.15 Å². The Kier molecular flexibility index (Phi) is 3.71. The molecule has 0 aliphatic carbocycles. The number of furan rings is 1. The molecule has 3 aromatic rings. The second kappa shape index (κ2) is 5.66. The number of pyridine rings is 1. The Bertz CT molecular complexity index is 770. The topological polar surface area (TPSA) is 47.3 Å². The number of fused-ring (bicyclic) bond motifs is 1. The van der Waals surface area contributed by atoms with Gasteiger partial charge in [0.05, 0.1) is 13.2 Å². The highest BCUT2D eigenvalue weighted by Crippen LogP contribution is 2.31. The molecule has 108 valence electrons. The molecular weight excluding hydrogens is 288 g/mol. The van der Waals surface area contributed by atoms with Crippen LogP contribution in [-0.2, 0) is 0 Å². The molecule has 0 saturated carbocycles. The highest BCUT2D eigenvalue weighted by atomic mass is 35.5. The molecule has 2 heterocycles. The van der Waals surface area contributed by atoms with Crippen LogP contribution in [0.4, 0.5) is 5.82 Å². The van der Waals surface area contributed by atoms with Crippen molar-refractivity contribution in [3.63, 3.8) is 0 Å². The Morgan fingerprint density at radius 1 is 1.24 bits per heavy atom. The predicted octanol–water partition coefficient (Wildman–Crippen LogP) is 4.66. The van der Waals surface area contributed by atoms with Gasteiger partial charge in [-0.1, -0.05) is 29.8 Å². The number of methoxy groups -OCH3 is 1. The average Bonchev–Trinajstić information content (AvgIpc) is 2.91. The molecule has 0 aliphatic rings. The molecule has 0 amide bonds. The third-order valence-electron chi connectivity index (χ3n) is 3.25. The van der Waals surface area contributed by atoms with Crippen LogP contribution in [-0.4, -0.2) is 12.1 Å². The van der Waals surface area contributed by atoms with Crippen LogP contribution in [0.1, 0.15) is 18.7 Å². The summed E-state index contributed by atoms with van der Waals surface area (Å²) in [6, 6.07) is 13.2. The summed E-state index contributed by atoms with van der Waals surface area (Å²) in [7, 11) is 1.63. The second-order valence-electron chi connectivity index (χ2n) is 4.74. The first-order valence-corrected chi connectivity index (χ1v) is 7.00. The van der Waals surface area contributed by atoms with Gasteiger partial charge in [-0.05, 0) is 31.2 Å². The SMILES string of the molecule is COc1cccc2cc(C(C)Nc3cccc(Cl)n3)oc12. The summed E-state index contributed by atoms with van der Waals surface area (Å²) in [6.45, 7) is 2.01. The van der Waals surface area contributed by atoms with Crippen LogP contribution in [0, 0.1) is 0 Å². The van der Waals surface area contributed by atoms with E-state index in [1.54, 1.807) is 13.2 Å². The zero-order valence-corrected chi connectivity index (χ0v) is 12.5. The van der Waals surface area contributed by atoms with Crippen LogP contribution in [0.5, 0.6) is 5.75 Å². The number of para-hydroxylation sites is 1. The molecule has 0 spiro atoms. The van der Waals surface area contributed by atoms with E-state index in [1.807, 2.05) is 43.3 Å². The van der Waals surface area contributed by atoms with Gasteiger partial charge >= 0.3 is 0 Å². The van der Waals surface area contributed by atoms with Gasteiger partial charge in [0.2, 0.25) is 0 Å². The Hall–Kier alpha value is -2.20. The maximum atomic E-state index is 5.91. The van der Waals surface area contributed by atoms with Gasteiger partial charge in [-0.25, -0.2) is 4.98 Å². The molecule has 5 heteroatoms. The van der Waals surface area contributed by atoms with Gasteiger partial charge in [-0.2, -0.15) is 0 Å². The fourth-order valence-electron chi connectivity index (χ4n) is 2.21. The highest BCUT2D eigenvalue weighted by molar-refractivity contribution is 6.29. The van der Waals surface area contributed by atoms with E-state index in [0.717, 1.165) is 22.5 Å². The lowest BCUT2D eigenvalue weighted by Gasteiger charge is -2.11. The Balaban J connectivity index is 1.89. The molecule has 0 fully saturated rings. The van der Waals surface area contributed by atoms with Crippen molar-refractivity contribution in [2.45, 2.75) is 13.0 Å². The van der Waals surface area contributed by atoms with Gasteiger partial charge in [0.15, 0.2) is 11.3 Å². The number of anilines is 1. The van der Waals surface area contributed by atoms with Crippen molar-refractivity contribution in [3.8, 4) is 5.75 Å². The van der Waals surface area contributed by atoms with Crippen LogP contribution in [0.3, 0.4) is 0 Å². The molecule has 21 heavy (non-hydrogen) atoms. The van der Waals surface area contributed by atoms with Gasteiger partial charge in [-0.15, -0.1) is 0 Å². The quantitative estimate of drug-likeness (QED) is 0.712. The summed E-state index contributed by atoms with van der Waals surface area (Å²) in [4.78, 5) is 4.21. The van der Waals surface area contributed by atoms with Gasteiger partial charge < -0.3 is 14.5 Å². The highest BCUT2D eigenvalue weighted by Gasteiger charge is 2.14. The van der Waals surface area contributed by atoms with Crippen molar-refractivity contribution in [2.75, 3.05) is 12.4 Å². The number of nitrogens with one attached hydrogen (secondary N) is 1. The largest absolute Gasteiger partial charge is 0.493 e. The molecule has 2 aromatic heterocycles. The number of ether oxygens (including phenoxy) is 1. The summed E-state index contributed by atoms with van der Waals surface area (Å²) in [5.74, 6) is 2.26. The van der Waals surface area contributed by atoms with Crippen LogP contribution >= 0.6 is 11.6 Å². The Labute approximate surface area is 127 Å². The molecule has 1 N–H and O–H groups in total. The third-order valence-corrected chi connectivity index (χ3v) is 3.46. The molecule has 0 saturated heterocycles. The Morgan fingerprint density at radius 3 is 2.81 bits per heavy atom. The zero-order chi connectivity index (χ0) is 14.8. The molecule has 1 unspecified atom stereocenters. The zero-order valence-electron chi connectivity index (χ0n) is 11.8. The van der Waals surface area contributed by atoms with E-state index in [0.29, 0.717) is 11.0 Å². The van der Waals surface area contributed by atoms with Crippen molar-refractivity contribution in [1.82, 2.24) is 4.98 Å². The maximum Gasteiger partial charge on any atom is 0.176 e. The van der Waals surface area contributed by atoms with E-state index in [4.69, 9.17) is 20.8 Å². The van der Waals surface area contributed by atoms with Crippen LogP contribution in [0.2, 0.25) is 5.15 Å². The normalized spacial score (nSPS) is 12.3. The van der Waals surface area contributed by atoms with E-state index < -0.39 is 0 Å². The van der Waals surface area contributed by atoms with Crippen molar-refractivity contribution in [3.05, 3.63) is 53.4 Å². The number of rotatable bonds is 4. The van der Waals surface area contributed by atoms with Crippen molar-refractivity contribution in [1.29, 1.82) is 0 Å². The summed E-state index contributed by atoms with van der Waals surface area (Å²) in [6.07, 6.45) is 0. The Morgan fingerprint density at radius 2 is 2.05 bits per heavy atom. The smallest absolute Gasteiger partial charge is 0.176 e. The second-order valence-corrected chi connectivity index (χ2v) is 5.13. The summed E-state index contributed by atoms with van der Waals surface area (Å²) in [5.41, 5.74) is 0.753. The lowest BCUT2D eigenvalue weighted by molar-refractivity contribution is 0.406. The average molecular weight is 303 g/mol. The van der Waals surface area contributed by atoms with E-state index in [1.165, 1.54) is 0 Å². The lowest BCUT2D eigenvalue weighted by atomic mass is 10.2. The van der Waals surface area contributed by atoms with Crippen molar-refractivity contribution in [2.24, 2.45) is 0 Å². The number of hydrogen-bond donors (Lipinski definition) is 1. The predicted molar refractivity (Wildman–Crippen MR) is 84.1 cm³/mol. The molecule has 0 bridgehead atoms. The molecule has 0 aliphatic heterocycles. The first kappa shape index (κ1) is 13.8. The van der Waals surface area contributed by atoms with Crippen LogP contribution < -0.4 is 10.1 Å². The standard InChI is InChI=1S/C16H15ClN2O2/c1-10(18-15-8-4-7-14(17)19-15)13-9-11-5-3-6-12(20-2)16(11)21-13/h3-10H,1-2H3,(H,18,19). The summed E-state index contributed by atoms with van der Waals surface area (Å²) >= 11 is 5.89. The van der Waals surface area contributed by atoms with Crippen LogP contribution in [0.15, 0.2) is 46.9 Å². The van der Waals surface area contributed by atoms with Crippen LogP contribution in [0.25, 0.3) is 11.0 Å². The third kappa shape index (κ3) is 2.81. The first-order valence-electron chi connectivity index (χ1n) is 6.63. The van der Waals surface area contributed by atoms with E-state index >= 15 is 0 Å². The molecule has 1 aromatic carbocycles. The minimum absolute atomic E-state index is 0.0342. The molecule has 4 nitrogen and oxygen atoms in total. The fourth-order valence-corrected chi connectivity index (χ4v) is 2.38. The van der Waals surface area contributed by atoms with E-state index in [-0.39, 0.29) is 6.04 Å². The number of benzene rings is 1. The van der Waals surface area contributed by atoms with E-state index in [9.17, 15) is 0 Å². The number of hydrogen-bond acceptors (Lipinski definition) is 4. The number of aromatic nitrogens is 1. The fraction of sp³-hybridized carbons (Fsp3) is 0.188. The monoisotopic (exact) mass is 302 g/mol. The van der Waals surface area contributed by atoms with Crippen molar-refractivity contribution >= 4 is 28.4 Å². The van der Waals surface area contributed by atoms with Gasteiger partial charge in [0, 0.05) is 5.39 Å². The number of nitrogens with zero attached hydrogens (tertiary/aromatic N) is 1. The lowest BCUT2D eigenvalue weighted by Crippen LogP contribution is -2.06. The molecule has 1 atom stereocenters. The summed E-state index contributed by atoms with van der Waals surface area (Å²) in [5, 5.41) is 4.74. The molecular formula is C16H15ClN2O2. The molecule has 0 radical (unpaired) electrons. The van der Waals surface area contributed by atoms with Gasteiger partial charge in [0.1, 0.15) is 16.7 Å². The minimum Gasteiger partial charge on any atom is -0.493 e. The van der Waals surface area contributed by atoms with Gasteiger partial charge in [0.25, 0.3) is 0 Å². The summed E-state index contributed by atoms with van der Waals surface area (Å²) < 4.78 is 11.2. The number of halogens is 1. The maximum absolute atomic E-state index is 5.91. The molecule has 3 rings (SSSR count). The first-order chi connectivity index (χ1) is 10.2. The van der Waals surface area contributed by atoms with Gasteiger partial charge in [-0.3, -0.25) is 0 Å². The van der Waals surface area contributed by atoms with E-state index in [2.05, 4.69) is 10.3 Å².